The summed E-state index contributed by atoms with van der Waals surface area (Å²) < 4.78 is 0. The van der Waals surface area contributed by atoms with E-state index in [2.05, 4.69) is 42.5 Å². The summed E-state index contributed by atoms with van der Waals surface area (Å²) in [5.74, 6) is 0.634. The highest BCUT2D eigenvalue weighted by molar-refractivity contribution is 7.99. The van der Waals surface area contributed by atoms with Crippen molar-refractivity contribution in [1.82, 2.24) is 0 Å². The number of hydrogen-bond acceptors (Lipinski definition) is 2. The van der Waals surface area contributed by atoms with Crippen LogP contribution in [-0.2, 0) is 5.60 Å². The molecule has 1 nitrogen and oxygen atoms in total. The Bertz CT molecular complexity index is 735. The maximum atomic E-state index is 10.6. The molecule has 0 saturated heterocycles. The zero-order chi connectivity index (χ0) is 14.7. The third kappa shape index (κ3) is 3.29. The first-order chi connectivity index (χ1) is 10.1. The summed E-state index contributed by atoms with van der Waals surface area (Å²) in [6.45, 7) is 1.87. The van der Waals surface area contributed by atoms with Crippen LogP contribution < -0.4 is 0 Å². The van der Waals surface area contributed by atoms with Gasteiger partial charge in [-0.3, -0.25) is 0 Å². The molecule has 106 valence electrons. The van der Waals surface area contributed by atoms with Gasteiger partial charge >= 0.3 is 0 Å². The van der Waals surface area contributed by atoms with Crippen molar-refractivity contribution in [2.24, 2.45) is 0 Å². The summed E-state index contributed by atoms with van der Waals surface area (Å²) in [5.41, 5.74) is 0.135. The minimum atomic E-state index is -0.822. The minimum absolute atomic E-state index is 0.634. The van der Waals surface area contributed by atoms with Gasteiger partial charge in [-0.25, -0.2) is 0 Å². The van der Waals surface area contributed by atoms with E-state index in [4.69, 9.17) is 0 Å². The average Bonchev–Trinajstić information content (AvgIpc) is 2.54. The predicted octanol–water partition coefficient (Wildman–Crippen LogP) is 4.84. The fourth-order valence-corrected chi connectivity index (χ4v) is 3.35. The molecule has 3 rings (SSSR count). The first-order valence-electron chi connectivity index (χ1n) is 7.05. The Morgan fingerprint density at radius 3 is 2.29 bits per heavy atom. The molecule has 0 bridgehead atoms. The Morgan fingerprint density at radius 1 is 0.857 bits per heavy atom. The van der Waals surface area contributed by atoms with Gasteiger partial charge < -0.3 is 5.11 Å². The molecule has 0 aliphatic rings. The van der Waals surface area contributed by atoms with E-state index in [1.807, 2.05) is 37.3 Å². The van der Waals surface area contributed by atoms with E-state index in [-0.39, 0.29) is 0 Å². The summed E-state index contributed by atoms with van der Waals surface area (Å²) in [4.78, 5) is 1.19. The molecule has 0 aliphatic heterocycles. The molecule has 3 aromatic rings. The van der Waals surface area contributed by atoms with Crippen LogP contribution in [0.2, 0.25) is 0 Å². The SMILES string of the molecule is CC(O)(CSc1ccc2ccccc2c1)c1ccccc1. The van der Waals surface area contributed by atoms with E-state index in [9.17, 15) is 5.11 Å². The molecule has 0 amide bonds. The summed E-state index contributed by atoms with van der Waals surface area (Å²) in [7, 11) is 0. The molecule has 3 aromatic carbocycles. The monoisotopic (exact) mass is 294 g/mol. The molecule has 0 aliphatic carbocycles. The number of fused-ring (bicyclic) bond motifs is 1. The van der Waals surface area contributed by atoms with Crippen LogP contribution in [-0.4, -0.2) is 10.9 Å². The average molecular weight is 294 g/mol. The van der Waals surface area contributed by atoms with E-state index >= 15 is 0 Å². The zero-order valence-corrected chi connectivity index (χ0v) is 12.8. The van der Waals surface area contributed by atoms with E-state index in [0.717, 1.165) is 5.56 Å². The lowest BCUT2D eigenvalue weighted by Gasteiger charge is -2.23. The van der Waals surface area contributed by atoms with Gasteiger partial charge in [-0.1, -0.05) is 60.7 Å². The van der Waals surface area contributed by atoms with Gasteiger partial charge in [0.15, 0.2) is 0 Å². The number of thioether (sulfide) groups is 1. The summed E-state index contributed by atoms with van der Waals surface area (Å²) >= 11 is 1.69. The van der Waals surface area contributed by atoms with Crippen molar-refractivity contribution in [3.05, 3.63) is 78.4 Å². The van der Waals surface area contributed by atoms with Gasteiger partial charge in [-0.05, 0) is 35.4 Å². The van der Waals surface area contributed by atoms with Crippen LogP contribution in [0.3, 0.4) is 0 Å². The lowest BCUT2D eigenvalue weighted by molar-refractivity contribution is 0.0839. The first kappa shape index (κ1) is 14.2. The van der Waals surface area contributed by atoms with E-state index < -0.39 is 5.60 Å². The lowest BCUT2D eigenvalue weighted by Crippen LogP contribution is -2.24. The molecule has 0 heterocycles. The minimum Gasteiger partial charge on any atom is -0.385 e. The largest absolute Gasteiger partial charge is 0.385 e. The van der Waals surface area contributed by atoms with Gasteiger partial charge in [-0.2, -0.15) is 0 Å². The van der Waals surface area contributed by atoms with E-state index in [1.54, 1.807) is 11.8 Å². The van der Waals surface area contributed by atoms with E-state index in [1.165, 1.54) is 15.7 Å². The van der Waals surface area contributed by atoms with Crippen LogP contribution in [0.15, 0.2) is 77.7 Å². The summed E-state index contributed by atoms with van der Waals surface area (Å²) in [6.07, 6.45) is 0. The fourth-order valence-electron chi connectivity index (χ4n) is 2.36. The molecule has 0 saturated carbocycles. The quantitative estimate of drug-likeness (QED) is 0.695. The molecule has 1 N–H and O–H groups in total. The van der Waals surface area contributed by atoms with Gasteiger partial charge in [0.05, 0.1) is 5.60 Å². The predicted molar refractivity (Wildman–Crippen MR) is 90.7 cm³/mol. The van der Waals surface area contributed by atoms with Crippen LogP contribution in [0.5, 0.6) is 0 Å². The number of benzene rings is 3. The van der Waals surface area contributed by atoms with Crippen molar-refractivity contribution in [2.75, 3.05) is 5.75 Å². The van der Waals surface area contributed by atoms with Crippen molar-refractivity contribution >= 4 is 22.5 Å². The van der Waals surface area contributed by atoms with Crippen molar-refractivity contribution in [3.63, 3.8) is 0 Å². The lowest BCUT2D eigenvalue weighted by atomic mass is 9.99. The van der Waals surface area contributed by atoms with Crippen molar-refractivity contribution in [3.8, 4) is 0 Å². The van der Waals surface area contributed by atoms with Crippen LogP contribution >= 0.6 is 11.8 Å². The second-order valence-electron chi connectivity index (χ2n) is 5.44. The Balaban J connectivity index is 1.77. The fraction of sp³-hybridized carbons (Fsp3) is 0.158. The molecule has 0 fully saturated rings. The van der Waals surface area contributed by atoms with Crippen LogP contribution in [0.1, 0.15) is 12.5 Å². The van der Waals surface area contributed by atoms with Crippen LogP contribution in [0, 0.1) is 0 Å². The van der Waals surface area contributed by atoms with Gasteiger partial charge in [0.25, 0.3) is 0 Å². The molecule has 21 heavy (non-hydrogen) atoms. The third-order valence-corrected chi connectivity index (χ3v) is 4.93. The topological polar surface area (TPSA) is 20.2 Å². The normalized spacial score (nSPS) is 14.0. The van der Waals surface area contributed by atoms with Crippen molar-refractivity contribution in [1.29, 1.82) is 0 Å². The van der Waals surface area contributed by atoms with E-state index in [0.29, 0.717) is 5.75 Å². The van der Waals surface area contributed by atoms with Gasteiger partial charge in [0.2, 0.25) is 0 Å². The second kappa shape index (κ2) is 5.92. The molecule has 0 radical (unpaired) electrons. The van der Waals surface area contributed by atoms with Crippen molar-refractivity contribution < 1.29 is 5.11 Å². The molecule has 1 atom stereocenters. The summed E-state index contributed by atoms with van der Waals surface area (Å²) in [5, 5.41) is 13.1. The highest BCUT2D eigenvalue weighted by atomic mass is 32.2. The molecular weight excluding hydrogens is 276 g/mol. The highest BCUT2D eigenvalue weighted by Crippen LogP contribution is 2.30. The molecule has 1 unspecified atom stereocenters. The second-order valence-corrected chi connectivity index (χ2v) is 6.49. The first-order valence-corrected chi connectivity index (χ1v) is 8.03. The van der Waals surface area contributed by atoms with Gasteiger partial charge in [0, 0.05) is 10.6 Å². The van der Waals surface area contributed by atoms with Crippen LogP contribution in [0.25, 0.3) is 10.8 Å². The maximum Gasteiger partial charge on any atom is 0.0962 e. The Morgan fingerprint density at radius 2 is 1.52 bits per heavy atom. The molecular formula is C19H18OS. The van der Waals surface area contributed by atoms with Gasteiger partial charge in [-0.15, -0.1) is 11.8 Å². The standard InChI is InChI=1S/C19H18OS/c1-19(20,17-9-3-2-4-10-17)14-21-18-12-11-15-7-5-6-8-16(15)13-18/h2-13,20H,14H2,1H3. The maximum absolute atomic E-state index is 10.6. The van der Waals surface area contributed by atoms with Gasteiger partial charge in [0.1, 0.15) is 0 Å². The Labute approximate surface area is 129 Å². The molecule has 0 aromatic heterocycles. The number of rotatable bonds is 4. The van der Waals surface area contributed by atoms with Crippen molar-refractivity contribution in [2.45, 2.75) is 17.4 Å². The molecule has 2 heteroatoms. The summed E-state index contributed by atoms with van der Waals surface area (Å²) in [6, 6.07) is 24.6. The Kier molecular flexibility index (Phi) is 4.00. The third-order valence-electron chi connectivity index (χ3n) is 3.64. The number of aliphatic hydroxyl groups is 1. The smallest absolute Gasteiger partial charge is 0.0962 e. The molecule has 0 spiro atoms. The van der Waals surface area contributed by atoms with Crippen LogP contribution in [0.4, 0.5) is 0 Å². The number of hydrogen-bond donors (Lipinski definition) is 1. The Hall–Kier alpha value is -1.77. The zero-order valence-electron chi connectivity index (χ0n) is 12.0. The highest BCUT2D eigenvalue weighted by Gasteiger charge is 2.22.